The maximum Gasteiger partial charge on any atom is 0.177 e. The van der Waals surface area contributed by atoms with Crippen LogP contribution in [0.25, 0.3) is 0 Å². The first-order valence-electron chi connectivity index (χ1n) is 6.03. The van der Waals surface area contributed by atoms with Crippen LogP contribution >= 0.6 is 23.2 Å². The molecule has 1 rings (SSSR count). The molecule has 0 spiro atoms. The Morgan fingerprint density at radius 2 is 1.94 bits per heavy atom. The van der Waals surface area contributed by atoms with Gasteiger partial charge in [0, 0.05) is 17.1 Å². The average Bonchev–Trinajstić information content (AvgIpc) is 2.38. The van der Waals surface area contributed by atoms with E-state index in [1.165, 1.54) is 12.1 Å². The predicted molar refractivity (Wildman–Crippen MR) is 77.4 cm³/mol. The van der Waals surface area contributed by atoms with Crippen LogP contribution in [0.5, 0.6) is 0 Å². The maximum atomic E-state index is 13.5. The van der Waals surface area contributed by atoms with Crippen molar-refractivity contribution >= 4 is 32.2 Å². The minimum absolute atomic E-state index is 0.0120. The Balaban J connectivity index is 3.05. The Labute approximate surface area is 119 Å². The molecule has 0 amide bonds. The van der Waals surface area contributed by atoms with Crippen LogP contribution in [0, 0.1) is 5.82 Å². The van der Waals surface area contributed by atoms with Crippen LogP contribution < -0.4 is 5.73 Å². The molecule has 0 saturated heterocycles. The highest BCUT2D eigenvalue weighted by molar-refractivity contribution is 6.51. The Morgan fingerprint density at radius 1 is 1.33 bits per heavy atom. The van der Waals surface area contributed by atoms with Crippen LogP contribution in [0.3, 0.4) is 0 Å². The fourth-order valence-corrected chi connectivity index (χ4v) is 4.08. The van der Waals surface area contributed by atoms with E-state index in [1.807, 2.05) is 0 Å². The van der Waals surface area contributed by atoms with Gasteiger partial charge >= 0.3 is 0 Å². The van der Waals surface area contributed by atoms with Gasteiger partial charge in [0.05, 0.1) is 11.1 Å². The molecular weight excluding hydrogens is 292 g/mol. The van der Waals surface area contributed by atoms with Crippen molar-refractivity contribution in [3.05, 3.63) is 33.6 Å². The second-order valence-electron chi connectivity index (χ2n) is 4.06. The summed E-state index contributed by atoms with van der Waals surface area (Å²) >= 11 is 12.0. The second-order valence-corrected chi connectivity index (χ2v) is 7.99. The molecule has 0 aliphatic heterocycles. The molecule has 0 fully saturated rings. The molecule has 102 valence electrons. The van der Waals surface area contributed by atoms with Crippen LogP contribution in [0.2, 0.25) is 22.1 Å². The van der Waals surface area contributed by atoms with Crippen molar-refractivity contribution in [1.82, 2.24) is 0 Å². The van der Waals surface area contributed by atoms with Crippen LogP contribution in [0.15, 0.2) is 12.1 Å². The van der Waals surface area contributed by atoms with E-state index in [2.05, 4.69) is 13.8 Å². The summed E-state index contributed by atoms with van der Waals surface area (Å²) in [7, 11) is -1.31. The molecule has 6 heteroatoms. The first-order valence-corrected chi connectivity index (χ1v) is 8.90. The predicted octanol–water partition coefficient (Wildman–Crippen LogP) is 3.91. The smallest absolute Gasteiger partial charge is 0.177 e. The third-order valence-corrected chi connectivity index (χ3v) is 6.13. The monoisotopic (exact) mass is 309 g/mol. The highest BCUT2D eigenvalue weighted by atomic mass is 35.5. The summed E-state index contributed by atoms with van der Waals surface area (Å²) in [5, 5.41) is 0.412. The van der Waals surface area contributed by atoms with Crippen molar-refractivity contribution < 1.29 is 8.82 Å². The van der Waals surface area contributed by atoms with Crippen LogP contribution in [0.4, 0.5) is 4.39 Å². The van der Waals surface area contributed by atoms with Crippen LogP contribution in [-0.4, -0.2) is 15.6 Å². The topological polar surface area (TPSA) is 35.2 Å². The van der Waals surface area contributed by atoms with Crippen molar-refractivity contribution in [3.8, 4) is 0 Å². The van der Waals surface area contributed by atoms with Gasteiger partial charge in [-0.05, 0) is 24.2 Å². The third kappa shape index (κ3) is 3.68. The van der Waals surface area contributed by atoms with Crippen molar-refractivity contribution in [2.75, 3.05) is 6.54 Å². The molecule has 1 aromatic rings. The number of halogens is 3. The van der Waals surface area contributed by atoms with Crippen molar-refractivity contribution in [2.24, 2.45) is 5.73 Å². The van der Waals surface area contributed by atoms with E-state index in [4.69, 9.17) is 33.4 Å². The third-order valence-electron chi connectivity index (χ3n) is 2.88. The summed E-state index contributed by atoms with van der Waals surface area (Å²) in [4.78, 5) is 0. The molecule has 1 unspecified atom stereocenters. The van der Waals surface area contributed by atoms with E-state index in [0.29, 0.717) is 10.6 Å². The number of nitrogens with two attached hydrogens (primary N) is 1. The standard InChI is InChI=1S/C12H18Cl2FNOSi/c1-3-18(4-2)17-10(7-16)11-8(13)5-6-9(15)12(11)14/h5-6,10,18H,3-4,7,16H2,1-2H3. The van der Waals surface area contributed by atoms with Gasteiger partial charge in [0.1, 0.15) is 5.82 Å². The summed E-state index contributed by atoms with van der Waals surface area (Å²) in [6.07, 6.45) is -0.419. The van der Waals surface area contributed by atoms with Gasteiger partial charge in [-0.1, -0.05) is 37.0 Å². The molecule has 0 heterocycles. The summed E-state index contributed by atoms with van der Waals surface area (Å²) in [5.74, 6) is -0.496. The van der Waals surface area contributed by atoms with Gasteiger partial charge in [0.15, 0.2) is 9.04 Å². The lowest BCUT2D eigenvalue weighted by atomic mass is 10.1. The Morgan fingerprint density at radius 3 is 2.44 bits per heavy atom. The van der Waals surface area contributed by atoms with Crippen molar-refractivity contribution in [2.45, 2.75) is 32.0 Å². The molecule has 1 atom stereocenters. The SMILES string of the molecule is CC[SiH](CC)OC(CN)c1c(Cl)ccc(F)c1Cl. The van der Waals surface area contributed by atoms with E-state index in [1.54, 1.807) is 0 Å². The minimum Gasteiger partial charge on any atom is -0.412 e. The van der Waals surface area contributed by atoms with Gasteiger partial charge < -0.3 is 10.2 Å². The average molecular weight is 310 g/mol. The summed E-state index contributed by atoms with van der Waals surface area (Å²) in [6.45, 7) is 4.41. The maximum absolute atomic E-state index is 13.5. The zero-order chi connectivity index (χ0) is 13.7. The number of rotatable bonds is 6. The first kappa shape index (κ1) is 15.9. The van der Waals surface area contributed by atoms with Gasteiger partial charge in [-0.3, -0.25) is 0 Å². The molecule has 0 aromatic heterocycles. The fourth-order valence-electron chi connectivity index (χ4n) is 1.79. The molecule has 0 saturated carbocycles. The van der Waals surface area contributed by atoms with E-state index in [9.17, 15) is 4.39 Å². The minimum atomic E-state index is -1.31. The highest BCUT2D eigenvalue weighted by Crippen LogP contribution is 2.34. The van der Waals surface area contributed by atoms with E-state index in [-0.39, 0.29) is 11.6 Å². The molecule has 2 N–H and O–H groups in total. The molecule has 1 aromatic carbocycles. The van der Waals surface area contributed by atoms with Crippen LogP contribution in [-0.2, 0) is 4.43 Å². The molecule has 0 aliphatic rings. The molecule has 0 aliphatic carbocycles. The number of hydrogen-bond donors (Lipinski definition) is 1. The van der Waals surface area contributed by atoms with Crippen molar-refractivity contribution in [3.63, 3.8) is 0 Å². The van der Waals surface area contributed by atoms with Crippen LogP contribution in [0.1, 0.15) is 25.5 Å². The van der Waals surface area contributed by atoms with Gasteiger partial charge in [0.2, 0.25) is 0 Å². The fraction of sp³-hybridized carbons (Fsp3) is 0.500. The summed E-state index contributed by atoms with van der Waals surface area (Å²) in [5.41, 5.74) is 6.18. The first-order chi connectivity index (χ1) is 8.54. The quantitative estimate of drug-likeness (QED) is 0.638. The Hall–Kier alpha value is -0.133. The highest BCUT2D eigenvalue weighted by Gasteiger charge is 2.22. The lowest BCUT2D eigenvalue weighted by Gasteiger charge is -2.24. The summed E-state index contributed by atoms with van der Waals surface area (Å²) < 4.78 is 19.5. The van der Waals surface area contributed by atoms with Gasteiger partial charge in [-0.25, -0.2) is 4.39 Å². The van der Waals surface area contributed by atoms with Gasteiger partial charge in [0.25, 0.3) is 0 Å². The second kappa shape index (κ2) is 7.45. The Bertz CT molecular complexity index is 402. The molecule has 18 heavy (non-hydrogen) atoms. The van der Waals surface area contributed by atoms with E-state index in [0.717, 1.165) is 12.1 Å². The lowest BCUT2D eigenvalue weighted by molar-refractivity contribution is 0.213. The molecule has 0 radical (unpaired) electrons. The zero-order valence-corrected chi connectivity index (χ0v) is 13.2. The lowest BCUT2D eigenvalue weighted by Crippen LogP contribution is -2.25. The number of hydrogen-bond acceptors (Lipinski definition) is 2. The number of benzene rings is 1. The van der Waals surface area contributed by atoms with E-state index < -0.39 is 21.0 Å². The van der Waals surface area contributed by atoms with Gasteiger partial charge in [-0.15, -0.1) is 0 Å². The zero-order valence-electron chi connectivity index (χ0n) is 10.6. The molecular formula is C12H18Cl2FNOSi. The Kier molecular flexibility index (Phi) is 6.59. The normalized spacial score (nSPS) is 13.1. The van der Waals surface area contributed by atoms with Gasteiger partial charge in [-0.2, -0.15) is 0 Å². The van der Waals surface area contributed by atoms with Crippen molar-refractivity contribution in [1.29, 1.82) is 0 Å². The van der Waals surface area contributed by atoms with E-state index >= 15 is 0 Å². The largest absolute Gasteiger partial charge is 0.412 e. The summed E-state index contributed by atoms with van der Waals surface area (Å²) in [6, 6.07) is 4.73. The molecule has 0 bridgehead atoms. The molecule has 2 nitrogen and oxygen atoms in total.